The van der Waals surface area contributed by atoms with Gasteiger partial charge < -0.3 is 14.6 Å². The second kappa shape index (κ2) is 7.70. The summed E-state index contributed by atoms with van der Waals surface area (Å²) in [4.78, 5) is 11.8. The molecule has 138 valence electrons. The minimum atomic E-state index is -4.03. The average Bonchev–Trinajstić information content (AvgIpc) is 2.62. The van der Waals surface area contributed by atoms with Gasteiger partial charge in [0.15, 0.2) is 11.5 Å². The normalized spacial score (nSPS) is 11.3. The third kappa shape index (κ3) is 4.00. The summed E-state index contributed by atoms with van der Waals surface area (Å²) < 4.78 is 34.6. The number of para-hydroxylation sites is 1. The van der Waals surface area contributed by atoms with Crippen molar-refractivity contribution in [3.05, 3.63) is 52.1 Å². The van der Waals surface area contributed by atoms with Gasteiger partial charge in [0.25, 0.3) is 10.0 Å². The Balaban J connectivity index is 2.25. The number of benzene rings is 2. The molecule has 0 atom stereocenters. The van der Waals surface area contributed by atoms with Crippen LogP contribution in [-0.4, -0.2) is 38.9 Å². The molecule has 2 rings (SSSR count). The van der Waals surface area contributed by atoms with Gasteiger partial charge in [-0.1, -0.05) is 6.07 Å². The van der Waals surface area contributed by atoms with Gasteiger partial charge in [0.2, 0.25) is 5.75 Å². The maximum absolute atomic E-state index is 12.3. The van der Waals surface area contributed by atoms with Crippen LogP contribution < -0.4 is 14.3 Å². The number of hydrogen-bond acceptors (Lipinski definition) is 8. The Hall–Kier alpha value is -3.34. The number of methoxy groups -OCH3 is 2. The van der Waals surface area contributed by atoms with E-state index in [2.05, 4.69) is 5.10 Å². The van der Waals surface area contributed by atoms with Crippen LogP contribution in [-0.2, 0) is 10.0 Å². The van der Waals surface area contributed by atoms with Crippen LogP contribution in [0.2, 0.25) is 0 Å². The quantitative estimate of drug-likeness (QED) is 0.422. The molecule has 0 bridgehead atoms. The van der Waals surface area contributed by atoms with Crippen LogP contribution >= 0.6 is 0 Å². The maximum atomic E-state index is 12.3. The molecule has 0 aliphatic rings. The van der Waals surface area contributed by atoms with E-state index in [1.807, 2.05) is 4.83 Å². The van der Waals surface area contributed by atoms with Crippen molar-refractivity contribution in [2.24, 2.45) is 5.10 Å². The van der Waals surface area contributed by atoms with Crippen LogP contribution in [0.1, 0.15) is 5.56 Å². The topological polar surface area (TPSA) is 140 Å². The summed E-state index contributed by atoms with van der Waals surface area (Å²) in [7, 11) is -1.24. The van der Waals surface area contributed by atoms with E-state index in [-0.39, 0.29) is 16.2 Å². The van der Waals surface area contributed by atoms with E-state index in [4.69, 9.17) is 9.47 Å². The molecule has 10 nitrogen and oxygen atoms in total. The van der Waals surface area contributed by atoms with Gasteiger partial charge in [0.05, 0.1) is 30.3 Å². The highest BCUT2D eigenvalue weighted by Crippen LogP contribution is 2.30. The van der Waals surface area contributed by atoms with Crippen LogP contribution in [0.3, 0.4) is 0 Å². The molecule has 0 heterocycles. The number of nitrogens with one attached hydrogen (secondary N) is 1. The summed E-state index contributed by atoms with van der Waals surface area (Å²) >= 11 is 0. The van der Waals surface area contributed by atoms with Crippen LogP contribution in [0.25, 0.3) is 0 Å². The first-order valence-electron chi connectivity index (χ1n) is 7.03. The molecule has 0 unspecified atom stereocenters. The van der Waals surface area contributed by atoms with E-state index in [1.54, 1.807) is 0 Å². The summed E-state index contributed by atoms with van der Waals surface area (Å²) in [5.41, 5.74) is -0.536. The van der Waals surface area contributed by atoms with Crippen LogP contribution in [0.4, 0.5) is 5.69 Å². The van der Waals surface area contributed by atoms with E-state index in [0.29, 0.717) is 5.75 Å². The van der Waals surface area contributed by atoms with Crippen molar-refractivity contribution in [2.45, 2.75) is 4.90 Å². The van der Waals surface area contributed by atoms with E-state index in [9.17, 15) is 23.6 Å². The number of ether oxygens (including phenoxy) is 2. The SMILES string of the molecule is COc1ccc(S(=O)(=O)N/N=C\c2cccc([N+](=O)[O-])c2O)cc1OC. The first-order valence-corrected chi connectivity index (χ1v) is 8.51. The number of nitrogens with zero attached hydrogens (tertiary/aromatic N) is 2. The van der Waals surface area contributed by atoms with Crippen LogP contribution in [0.5, 0.6) is 17.2 Å². The van der Waals surface area contributed by atoms with Gasteiger partial charge in [-0.3, -0.25) is 10.1 Å². The largest absolute Gasteiger partial charge is 0.502 e. The lowest BCUT2D eigenvalue weighted by Gasteiger charge is -2.09. The molecule has 2 N–H and O–H groups in total. The zero-order chi connectivity index (χ0) is 19.3. The third-order valence-corrected chi connectivity index (χ3v) is 4.50. The van der Waals surface area contributed by atoms with Crippen molar-refractivity contribution in [2.75, 3.05) is 14.2 Å². The fraction of sp³-hybridized carbons (Fsp3) is 0.133. The maximum Gasteiger partial charge on any atom is 0.311 e. The second-order valence-electron chi connectivity index (χ2n) is 4.84. The lowest BCUT2D eigenvalue weighted by molar-refractivity contribution is -0.385. The van der Waals surface area contributed by atoms with Gasteiger partial charge in [-0.15, -0.1) is 0 Å². The first kappa shape index (κ1) is 19.0. The lowest BCUT2D eigenvalue weighted by atomic mass is 10.2. The highest BCUT2D eigenvalue weighted by Gasteiger charge is 2.17. The predicted molar refractivity (Wildman–Crippen MR) is 92.2 cm³/mol. The number of sulfonamides is 1. The molecule has 0 saturated carbocycles. The minimum Gasteiger partial charge on any atom is -0.502 e. The van der Waals surface area contributed by atoms with E-state index < -0.39 is 26.4 Å². The molecule has 0 fully saturated rings. The Morgan fingerprint density at radius 3 is 2.50 bits per heavy atom. The van der Waals surface area contributed by atoms with Gasteiger partial charge >= 0.3 is 5.69 Å². The fourth-order valence-electron chi connectivity index (χ4n) is 2.00. The molecule has 2 aromatic rings. The van der Waals surface area contributed by atoms with Crippen molar-refractivity contribution < 1.29 is 27.9 Å². The summed E-state index contributed by atoms with van der Waals surface area (Å²) in [6, 6.07) is 7.76. The van der Waals surface area contributed by atoms with Gasteiger partial charge in [0, 0.05) is 17.7 Å². The van der Waals surface area contributed by atoms with Crippen molar-refractivity contribution in [1.82, 2.24) is 4.83 Å². The zero-order valence-electron chi connectivity index (χ0n) is 13.7. The Bertz CT molecular complexity index is 958. The molecule has 0 aromatic heterocycles. The monoisotopic (exact) mass is 381 g/mol. The zero-order valence-corrected chi connectivity index (χ0v) is 14.6. The average molecular weight is 381 g/mol. The molecule has 0 spiro atoms. The Kier molecular flexibility index (Phi) is 5.62. The highest BCUT2D eigenvalue weighted by molar-refractivity contribution is 7.89. The Morgan fingerprint density at radius 2 is 1.88 bits per heavy atom. The minimum absolute atomic E-state index is 0.0192. The molecule has 0 aliphatic heterocycles. The summed E-state index contributed by atoms with van der Waals surface area (Å²) in [6.07, 6.45) is 0.959. The lowest BCUT2D eigenvalue weighted by Crippen LogP contribution is -2.18. The molecule has 11 heteroatoms. The van der Waals surface area contributed by atoms with E-state index in [1.165, 1.54) is 44.6 Å². The van der Waals surface area contributed by atoms with Gasteiger partial charge in [-0.25, -0.2) is 4.83 Å². The Labute approximate surface area is 148 Å². The third-order valence-electron chi connectivity index (χ3n) is 3.28. The van der Waals surface area contributed by atoms with Gasteiger partial charge in [0.1, 0.15) is 0 Å². The predicted octanol–water partition coefficient (Wildman–Crippen LogP) is 1.63. The van der Waals surface area contributed by atoms with Crippen molar-refractivity contribution in [3.63, 3.8) is 0 Å². The number of rotatable bonds is 7. The number of hydrazone groups is 1. The number of aromatic hydroxyl groups is 1. The number of phenolic OH excluding ortho intramolecular Hbond substituents is 1. The number of nitro groups is 1. The number of nitro benzene ring substituents is 1. The molecule has 0 saturated heterocycles. The smallest absolute Gasteiger partial charge is 0.311 e. The van der Waals surface area contributed by atoms with Gasteiger partial charge in [-0.2, -0.15) is 13.5 Å². The first-order chi connectivity index (χ1) is 12.3. The fourth-order valence-corrected chi connectivity index (χ4v) is 2.81. The molecular weight excluding hydrogens is 366 g/mol. The van der Waals surface area contributed by atoms with Gasteiger partial charge in [-0.05, 0) is 18.2 Å². The van der Waals surface area contributed by atoms with E-state index >= 15 is 0 Å². The Morgan fingerprint density at radius 1 is 1.19 bits per heavy atom. The number of phenols is 1. The molecule has 2 aromatic carbocycles. The standard InChI is InChI=1S/C15H15N3O7S/c1-24-13-7-6-11(8-14(13)25-2)26(22,23)17-16-9-10-4-3-5-12(15(10)19)18(20)21/h3-9,17,19H,1-2H3/b16-9-. The molecule has 0 radical (unpaired) electrons. The van der Waals surface area contributed by atoms with E-state index in [0.717, 1.165) is 12.3 Å². The van der Waals surface area contributed by atoms with Crippen molar-refractivity contribution in [3.8, 4) is 17.2 Å². The van der Waals surface area contributed by atoms with Crippen molar-refractivity contribution >= 4 is 21.9 Å². The molecule has 0 aliphatic carbocycles. The van der Waals surface area contributed by atoms with Crippen LogP contribution in [0.15, 0.2) is 46.4 Å². The number of hydrogen-bond donors (Lipinski definition) is 2. The second-order valence-corrected chi connectivity index (χ2v) is 6.50. The molecule has 0 amide bonds. The summed E-state index contributed by atoms with van der Waals surface area (Å²) in [6.45, 7) is 0. The van der Waals surface area contributed by atoms with Crippen molar-refractivity contribution in [1.29, 1.82) is 0 Å². The summed E-state index contributed by atoms with van der Waals surface area (Å²) in [5.74, 6) is -0.0429. The summed E-state index contributed by atoms with van der Waals surface area (Å²) in [5, 5.41) is 24.1. The molecule has 26 heavy (non-hydrogen) atoms. The van der Waals surface area contributed by atoms with Crippen LogP contribution in [0, 0.1) is 10.1 Å². The highest BCUT2D eigenvalue weighted by atomic mass is 32.2. The molecular formula is C15H15N3O7S.